The van der Waals surface area contributed by atoms with E-state index in [0.717, 1.165) is 21.6 Å². The number of nitrogens with zero attached hydrogens (tertiary/aromatic N) is 2. The van der Waals surface area contributed by atoms with Crippen molar-refractivity contribution in [2.24, 2.45) is 5.92 Å². The minimum atomic E-state index is -1.60. The highest BCUT2D eigenvalue weighted by atomic mass is 32.2. The van der Waals surface area contributed by atoms with Gasteiger partial charge in [-0.15, -0.1) is 0 Å². The fourth-order valence-corrected chi connectivity index (χ4v) is 8.51. The zero-order valence-corrected chi connectivity index (χ0v) is 43.3. The number of rotatable bonds is 37. The van der Waals surface area contributed by atoms with E-state index in [0.29, 0.717) is 11.1 Å². The molecule has 0 spiro atoms. The number of likely N-dealkylation sites (N-methyl/N-ethyl adjacent to an activating group) is 3. The zero-order valence-electron chi connectivity index (χ0n) is 41.7. The van der Waals surface area contributed by atoms with Crippen molar-refractivity contribution in [2.75, 3.05) is 39.7 Å². The summed E-state index contributed by atoms with van der Waals surface area (Å²) in [7, 11) is 3.83. The molecular formula is C49H67N7O16S2. The van der Waals surface area contributed by atoms with Gasteiger partial charge in [0.1, 0.15) is 30.0 Å². The number of unbranched alkanes of at least 4 members (excludes halogenated alkanes) is 1. The maximum Gasteiger partial charge on any atom is 0.327 e. The molecule has 2 aromatic carbocycles. The number of ketones is 2. The smallest absolute Gasteiger partial charge is 0.327 e. The average molecular weight is 1070 g/mol. The maximum absolute atomic E-state index is 14.3. The van der Waals surface area contributed by atoms with E-state index in [2.05, 4.69) is 26.6 Å². The van der Waals surface area contributed by atoms with Crippen LogP contribution in [0.1, 0.15) is 75.3 Å². The molecule has 0 saturated carbocycles. The molecule has 0 aliphatic heterocycles. The number of Topliss-reactive ketones (excluding diaryl/α,β-unsaturated/α-hetero) is 2. The van der Waals surface area contributed by atoms with E-state index < -0.39 is 102 Å². The van der Waals surface area contributed by atoms with Crippen LogP contribution in [-0.2, 0) is 70.3 Å². The van der Waals surface area contributed by atoms with Gasteiger partial charge in [-0.1, -0.05) is 60.7 Å². The SMILES string of the molecule is CN[C@@H](CNC(=O)[C@@H](CC(=O)[C@H](Cc1ccccc1)NC(=O)CCCCC(=O)CC[C@H](NC(=S)N[C@@H](CCC(=O)O)OC=O)C(=O)O)Cc1ccccc1)C(=O)N(C)[C@@H](CC(=O)O)C(=O)N(C)[C@@H](CSC)C(=O)O. The average Bonchev–Trinajstić information content (AvgIpc) is 3.36. The van der Waals surface area contributed by atoms with Crippen molar-refractivity contribution in [1.82, 2.24) is 36.4 Å². The summed E-state index contributed by atoms with van der Waals surface area (Å²) < 4.78 is 4.76. The molecule has 25 heteroatoms. The lowest BCUT2D eigenvalue weighted by molar-refractivity contribution is -0.154. The number of benzene rings is 2. The Morgan fingerprint density at radius 3 is 1.81 bits per heavy atom. The Hall–Kier alpha value is -6.99. The number of thiocarbonyl (C=S) groups is 1. The van der Waals surface area contributed by atoms with E-state index in [-0.39, 0.29) is 100 Å². The Morgan fingerprint density at radius 2 is 1.27 bits per heavy atom. The van der Waals surface area contributed by atoms with Crippen LogP contribution in [0.4, 0.5) is 0 Å². The highest BCUT2D eigenvalue weighted by molar-refractivity contribution is 7.98. The molecule has 0 bridgehead atoms. The van der Waals surface area contributed by atoms with E-state index >= 15 is 0 Å². The van der Waals surface area contributed by atoms with Gasteiger partial charge >= 0.3 is 23.9 Å². The lowest BCUT2D eigenvalue weighted by Gasteiger charge is -2.34. The summed E-state index contributed by atoms with van der Waals surface area (Å²) in [6.45, 7) is -0.278. The molecule has 7 atom stereocenters. The molecule has 0 heterocycles. The predicted octanol–water partition coefficient (Wildman–Crippen LogP) is 1.00. The third kappa shape index (κ3) is 23.3. The summed E-state index contributed by atoms with van der Waals surface area (Å²) >= 11 is 6.25. The molecule has 4 amide bonds. The molecule has 0 aromatic heterocycles. The summed E-state index contributed by atoms with van der Waals surface area (Å²) in [6.07, 6.45) is -0.965. The first-order valence-electron chi connectivity index (χ1n) is 23.6. The number of hydrogen-bond donors (Lipinski definition) is 9. The quantitative estimate of drug-likeness (QED) is 0.0197. The van der Waals surface area contributed by atoms with Crippen LogP contribution in [0.15, 0.2) is 60.7 Å². The zero-order chi connectivity index (χ0) is 55.3. The van der Waals surface area contributed by atoms with E-state index in [1.165, 1.54) is 21.1 Å². The molecule has 74 heavy (non-hydrogen) atoms. The molecule has 0 fully saturated rings. The van der Waals surface area contributed by atoms with Crippen LogP contribution in [0.2, 0.25) is 0 Å². The summed E-state index contributed by atoms with van der Waals surface area (Å²) in [5.74, 6) is -9.83. The Bertz CT molecular complexity index is 2240. The normalized spacial score (nSPS) is 13.7. The van der Waals surface area contributed by atoms with Crippen molar-refractivity contribution in [2.45, 2.75) is 113 Å². The van der Waals surface area contributed by atoms with Crippen molar-refractivity contribution in [3.8, 4) is 0 Å². The maximum atomic E-state index is 14.3. The second-order valence-electron chi connectivity index (χ2n) is 17.2. The topological polar surface area (TPSA) is 345 Å². The Balaban J connectivity index is 2.16. The fourth-order valence-electron chi connectivity index (χ4n) is 7.55. The van der Waals surface area contributed by atoms with Gasteiger partial charge in [0.05, 0.1) is 18.9 Å². The highest BCUT2D eigenvalue weighted by Gasteiger charge is 2.38. The number of thioether (sulfide) groups is 1. The summed E-state index contributed by atoms with van der Waals surface area (Å²) in [6, 6.07) is 11.2. The van der Waals surface area contributed by atoms with Crippen LogP contribution in [0, 0.1) is 5.92 Å². The van der Waals surface area contributed by atoms with Crippen LogP contribution >= 0.6 is 24.0 Å². The van der Waals surface area contributed by atoms with Gasteiger partial charge in [-0.05, 0) is 68.8 Å². The lowest BCUT2D eigenvalue weighted by atomic mass is 9.89. The first-order valence-corrected chi connectivity index (χ1v) is 25.4. The van der Waals surface area contributed by atoms with Crippen LogP contribution in [0.3, 0.4) is 0 Å². The number of amides is 4. The number of carboxylic acid groups (broad SMARTS) is 4. The monoisotopic (exact) mass is 1070 g/mol. The summed E-state index contributed by atoms with van der Waals surface area (Å²) in [4.78, 5) is 141. The first-order chi connectivity index (χ1) is 35.1. The molecule has 0 aliphatic carbocycles. The molecule has 0 saturated heterocycles. The van der Waals surface area contributed by atoms with Crippen LogP contribution in [0.5, 0.6) is 0 Å². The first kappa shape index (κ1) is 63.1. The van der Waals surface area contributed by atoms with Crippen LogP contribution in [0.25, 0.3) is 0 Å². The van der Waals surface area contributed by atoms with Crippen LogP contribution in [-0.4, -0.2) is 177 Å². The number of nitrogens with one attached hydrogen (secondary N) is 5. The van der Waals surface area contributed by atoms with Gasteiger partial charge in [-0.3, -0.25) is 43.2 Å². The standard InChI is InChI=1S/C49H67N7O16S2/c1-50-36(45(66)55(2)37(26-43(63)64)46(67)56(3)38(28-74-4)48(70)71)27-51-44(65)32(23-30-13-7-5-8-14-30)25-39(59)35(24-31-15-9-6-10-16-31)52-40(60)18-12-11-17-33(58)19-20-34(47(68)69)53-49(73)54-41(72-29-57)21-22-42(61)62/h5-10,13-16,29,32,34-38,41,50H,11-12,17-28H2,1-4H3,(H,51,65)(H,52,60)(H,61,62)(H,63,64)(H,68,69)(H,70,71)(H2,53,54,73)/t32-,34+,35+,36+,37+,38+,41-/m1/s1. The van der Waals surface area contributed by atoms with Crippen molar-refractivity contribution in [3.63, 3.8) is 0 Å². The molecule has 2 aromatic rings. The van der Waals surface area contributed by atoms with E-state index in [1.807, 2.05) is 0 Å². The Morgan fingerprint density at radius 1 is 0.676 bits per heavy atom. The molecule has 0 aliphatic rings. The Labute approximate surface area is 438 Å². The molecular weight excluding hydrogens is 1010 g/mol. The second-order valence-corrected chi connectivity index (χ2v) is 18.5. The minimum Gasteiger partial charge on any atom is -0.481 e. The van der Waals surface area contributed by atoms with Crippen molar-refractivity contribution < 1.29 is 77.9 Å². The highest BCUT2D eigenvalue weighted by Crippen LogP contribution is 2.18. The predicted molar refractivity (Wildman–Crippen MR) is 273 cm³/mol. The minimum absolute atomic E-state index is 0.000391. The van der Waals surface area contributed by atoms with Gasteiger partial charge in [0.2, 0.25) is 23.6 Å². The number of carboxylic acids is 4. The van der Waals surface area contributed by atoms with Crippen LogP contribution < -0.4 is 26.6 Å². The van der Waals surface area contributed by atoms with Gasteiger partial charge in [-0.25, -0.2) is 9.59 Å². The van der Waals surface area contributed by atoms with E-state index in [1.54, 1.807) is 66.9 Å². The van der Waals surface area contributed by atoms with Crippen molar-refractivity contribution >= 4 is 94.6 Å². The number of hydrogen-bond acceptors (Lipinski definition) is 15. The number of aliphatic carboxylic acids is 4. The van der Waals surface area contributed by atoms with E-state index in [9.17, 15) is 68.1 Å². The van der Waals surface area contributed by atoms with Gasteiger partial charge in [0.15, 0.2) is 17.1 Å². The van der Waals surface area contributed by atoms with Gasteiger partial charge in [0, 0.05) is 64.4 Å². The van der Waals surface area contributed by atoms with Gasteiger partial charge in [0.25, 0.3) is 6.47 Å². The fraction of sp³-hybridized carbons (Fsp3) is 0.510. The third-order valence-electron chi connectivity index (χ3n) is 11.7. The van der Waals surface area contributed by atoms with E-state index in [4.69, 9.17) is 22.1 Å². The largest absolute Gasteiger partial charge is 0.481 e. The number of carbonyl (C=O) groups is 11. The molecule has 0 unspecified atom stereocenters. The molecule has 2 rings (SSSR count). The second kappa shape index (κ2) is 33.7. The molecule has 0 radical (unpaired) electrons. The summed E-state index contributed by atoms with van der Waals surface area (Å²) in [5.41, 5.74) is 1.42. The lowest BCUT2D eigenvalue weighted by Crippen LogP contribution is -2.58. The van der Waals surface area contributed by atoms with Gasteiger partial charge in [-0.2, -0.15) is 11.8 Å². The van der Waals surface area contributed by atoms with Crippen molar-refractivity contribution in [1.29, 1.82) is 0 Å². The Kier molecular flexibility index (Phi) is 28.7. The molecule has 9 N–H and O–H groups in total. The molecule has 406 valence electrons. The third-order valence-corrected chi connectivity index (χ3v) is 12.6. The number of ether oxygens (including phenoxy) is 1. The summed E-state index contributed by atoms with van der Waals surface area (Å²) in [5, 5.41) is 51.1. The van der Waals surface area contributed by atoms with Gasteiger partial charge < -0.3 is 61.5 Å². The van der Waals surface area contributed by atoms with Crippen molar-refractivity contribution in [3.05, 3.63) is 71.8 Å². The molecule has 23 nitrogen and oxygen atoms in total. The number of carbonyl (C=O) groups excluding carboxylic acids is 7.